The van der Waals surface area contributed by atoms with Crippen molar-refractivity contribution in [2.75, 3.05) is 0 Å². The van der Waals surface area contributed by atoms with E-state index in [9.17, 15) is 18.0 Å². The van der Waals surface area contributed by atoms with Crippen LogP contribution in [0.4, 0.5) is 13.2 Å². The molecule has 0 saturated carbocycles. The molecule has 1 atom stereocenters. The standard InChI is InChI=1S/C12H17F3O2/c1-5-9(6-2)11(13)12(14,15)10(7-3)17-8(4)16/h7,10H,3,5-6H2,1-2,4H3/t10-/m0/s1. The third-order valence-corrected chi connectivity index (χ3v) is 2.32. The van der Waals surface area contributed by atoms with Gasteiger partial charge in [-0.1, -0.05) is 20.4 Å². The van der Waals surface area contributed by atoms with Crippen molar-refractivity contribution in [3.05, 3.63) is 24.1 Å². The van der Waals surface area contributed by atoms with E-state index in [4.69, 9.17) is 0 Å². The van der Waals surface area contributed by atoms with Crippen molar-refractivity contribution in [3.63, 3.8) is 0 Å². The largest absolute Gasteiger partial charge is 0.451 e. The summed E-state index contributed by atoms with van der Waals surface area (Å²) in [5, 5.41) is 0. The fourth-order valence-corrected chi connectivity index (χ4v) is 1.37. The van der Waals surface area contributed by atoms with Crippen molar-refractivity contribution in [3.8, 4) is 0 Å². The second kappa shape index (κ2) is 6.47. The Hall–Kier alpha value is -1.26. The van der Waals surface area contributed by atoms with Crippen molar-refractivity contribution in [2.45, 2.75) is 45.6 Å². The van der Waals surface area contributed by atoms with E-state index < -0.39 is 23.8 Å². The van der Waals surface area contributed by atoms with Gasteiger partial charge in [0, 0.05) is 6.92 Å². The second-order valence-electron chi connectivity index (χ2n) is 3.51. The van der Waals surface area contributed by atoms with E-state index in [1.807, 2.05) is 0 Å². The summed E-state index contributed by atoms with van der Waals surface area (Å²) in [6.07, 6.45) is -0.888. The number of ether oxygens (including phenoxy) is 1. The average molecular weight is 250 g/mol. The van der Waals surface area contributed by atoms with Crippen LogP contribution in [0.3, 0.4) is 0 Å². The van der Waals surface area contributed by atoms with E-state index in [1.165, 1.54) is 0 Å². The fraction of sp³-hybridized carbons (Fsp3) is 0.583. The van der Waals surface area contributed by atoms with Crippen molar-refractivity contribution < 1.29 is 22.7 Å². The van der Waals surface area contributed by atoms with E-state index in [1.54, 1.807) is 13.8 Å². The SMILES string of the molecule is C=C[C@H](OC(C)=O)C(F)(F)C(F)=C(CC)CC. The van der Waals surface area contributed by atoms with Crippen molar-refractivity contribution >= 4 is 5.97 Å². The summed E-state index contributed by atoms with van der Waals surface area (Å²) in [5.74, 6) is -6.31. The Morgan fingerprint density at radius 3 is 2.18 bits per heavy atom. The van der Waals surface area contributed by atoms with Crippen molar-refractivity contribution in [1.82, 2.24) is 0 Å². The Kier molecular flexibility index (Phi) is 5.99. The Labute approximate surface area is 99.1 Å². The van der Waals surface area contributed by atoms with Gasteiger partial charge in [0.1, 0.15) is 0 Å². The predicted octanol–water partition coefficient (Wildman–Crippen LogP) is 3.78. The van der Waals surface area contributed by atoms with Gasteiger partial charge in [-0.15, -0.1) is 0 Å². The summed E-state index contributed by atoms with van der Waals surface area (Å²) in [4.78, 5) is 10.6. The van der Waals surface area contributed by atoms with E-state index in [2.05, 4.69) is 11.3 Å². The van der Waals surface area contributed by atoms with Crippen LogP contribution < -0.4 is 0 Å². The highest BCUT2D eigenvalue weighted by Crippen LogP contribution is 2.35. The van der Waals surface area contributed by atoms with Crippen LogP contribution in [0.5, 0.6) is 0 Å². The van der Waals surface area contributed by atoms with Crippen molar-refractivity contribution in [2.24, 2.45) is 0 Å². The minimum Gasteiger partial charge on any atom is -0.451 e. The lowest BCUT2D eigenvalue weighted by Gasteiger charge is -2.23. The molecule has 5 heteroatoms. The van der Waals surface area contributed by atoms with Crippen LogP contribution in [0.2, 0.25) is 0 Å². The van der Waals surface area contributed by atoms with Crippen LogP contribution >= 0.6 is 0 Å². The third-order valence-electron chi connectivity index (χ3n) is 2.32. The van der Waals surface area contributed by atoms with Gasteiger partial charge in [0.25, 0.3) is 0 Å². The molecule has 2 nitrogen and oxygen atoms in total. The molecule has 0 amide bonds. The molecule has 0 spiro atoms. The number of rotatable bonds is 6. The maximum absolute atomic E-state index is 13.7. The molecule has 0 saturated heterocycles. The van der Waals surface area contributed by atoms with Gasteiger partial charge in [-0.3, -0.25) is 4.79 Å². The molecule has 0 aromatic carbocycles. The summed E-state index contributed by atoms with van der Waals surface area (Å²) in [5.41, 5.74) is 0.00834. The van der Waals surface area contributed by atoms with E-state index >= 15 is 0 Å². The zero-order valence-electron chi connectivity index (χ0n) is 10.2. The molecule has 0 N–H and O–H groups in total. The normalized spacial score (nSPS) is 12.8. The number of hydrogen-bond acceptors (Lipinski definition) is 2. The number of esters is 1. The number of allylic oxidation sites excluding steroid dienone is 1. The smallest absolute Gasteiger partial charge is 0.338 e. The molecule has 0 aliphatic heterocycles. The lowest BCUT2D eigenvalue weighted by molar-refractivity contribution is -0.160. The molecule has 0 bridgehead atoms. The summed E-state index contributed by atoms with van der Waals surface area (Å²) >= 11 is 0. The Balaban J connectivity index is 5.27. The van der Waals surface area contributed by atoms with Crippen LogP contribution in [0.25, 0.3) is 0 Å². The highest BCUT2D eigenvalue weighted by atomic mass is 19.3. The van der Waals surface area contributed by atoms with E-state index in [-0.39, 0.29) is 18.4 Å². The topological polar surface area (TPSA) is 26.3 Å². The number of halogens is 3. The minimum absolute atomic E-state index is 0.00834. The van der Waals surface area contributed by atoms with Gasteiger partial charge < -0.3 is 4.74 Å². The molecular weight excluding hydrogens is 233 g/mol. The van der Waals surface area contributed by atoms with Crippen molar-refractivity contribution in [1.29, 1.82) is 0 Å². The molecular formula is C12H17F3O2. The van der Waals surface area contributed by atoms with Gasteiger partial charge in [0.2, 0.25) is 0 Å². The average Bonchev–Trinajstić information content (AvgIpc) is 2.26. The maximum atomic E-state index is 13.7. The first-order chi connectivity index (χ1) is 7.81. The molecule has 0 unspecified atom stereocenters. The lowest BCUT2D eigenvalue weighted by atomic mass is 10.0. The van der Waals surface area contributed by atoms with Crippen LogP contribution in [0.1, 0.15) is 33.6 Å². The summed E-state index contributed by atoms with van der Waals surface area (Å²) in [6, 6.07) is 0. The third kappa shape index (κ3) is 3.91. The first-order valence-corrected chi connectivity index (χ1v) is 5.36. The highest BCUT2D eigenvalue weighted by molar-refractivity contribution is 5.66. The zero-order valence-corrected chi connectivity index (χ0v) is 10.2. The predicted molar refractivity (Wildman–Crippen MR) is 59.4 cm³/mol. The number of carbonyl (C=O) groups excluding carboxylic acids is 1. The summed E-state index contributed by atoms with van der Waals surface area (Å²) < 4.78 is 45.3. The lowest BCUT2D eigenvalue weighted by Crippen LogP contribution is -2.36. The molecule has 0 aliphatic carbocycles. The number of hydrogen-bond donors (Lipinski definition) is 0. The molecule has 0 fully saturated rings. The quantitative estimate of drug-likeness (QED) is 0.529. The first-order valence-electron chi connectivity index (χ1n) is 5.36. The van der Waals surface area contributed by atoms with Gasteiger partial charge in [-0.2, -0.15) is 8.78 Å². The van der Waals surface area contributed by atoms with Gasteiger partial charge in [0.05, 0.1) is 0 Å². The Morgan fingerprint density at radius 2 is 1.88 bits per heavy atom. The molecule has 0 rings (SSSR count). The van der Waals surface area contributed by atoms with E-state index in [0.29, 0.717) is 0 Å². The van der Waals surface area contributed by atoms with Crippen LogP contribution in [-0.4, -0.2) is 18.0 Å². The van der Waals surface area contributed by atoms with Gasteiger partial charge in [-0.25, -0.2) is 4.39 Å². The maximum Gasteiger partial charge on any atom is 0.338 e. The summed E-state index contributed by atoms with van der Waals surface area (Å²) in [6.45, 7) is 7.28. The van der Waals surface area contributed by atoms with Gasteiger partial charge in [-0.05, 0) is 24.5 Å². The molecule has 17 heavy (non-hydrogen) atoms. The number of alkyl halides is 2. The van der Waals surface area contributed by atoms with Crippen LogP contribution in [0, 0.1) is 0 Å². The minimum atomic E-state index is -3.87. The Morgan fingerprint density at radius 1 is 1.41 bits per heavy atom. The fourth-order valence-electron chi connectivity index (χ4n) is 1.37. The molecule has 0 radical (unpaired) electrons. The molecule has 0 aliphatic rings. The van der Waals surface area contributed by atoms with Gasteiger partial charge >= 0.3 is 11.9 Å². The molecule has 0 aromatic rings. The van der Waals surface area contributed by atoms with E-state index in [0.717, 1.165) is 13.0 Å². The monoisotopic (exact) mass is 250 g/mol. The molecule has 0 heterocycles. The zero-order chi connectivity index (χ0) is 13.6. The highest BCUT2D eigenvalue weighted by Gasteiger charge is 2.46. The van der Waals surface area contributed by atoms with Crippen LogP contribution in [0.15, 0.2) is 24.1 Å². The van der Waals surface area contributed by atoms with Crippen LogP contribution in [-0.2, 0) is 9.53 Å². The second-order valence-corrected chi connectivity index (χ2v) is 3.51. The first kappa shape index (κ1) is 15.7. The Bertz CT molecular complexity index is 316. The molecule has 98 valence electrons. The summed E-state index contributed by atoms with van der Waals surface area (Å²) in [7, 11) is 0. The number of carbonyl (C=O) groups is 1. The molecule has 0 aromatic heterocycles. The van der Waals surface area contributed by atoms with Gasteiger partial charge in [0.15, 0.2) is 11.9 Å².